The Kier molecular flexibility index (Phi) is 4.19. The van der Waals surface area contributed by atoms with Gasteiger partial charge in [-0.1, -0.05) is 25.4 Å². The van der Waals surface area contributed by atoms with Gasteiger partial charge in [-0.25, -0.2) is 0 Å². The van der Waals surface area contributed by atoms with E-state index in [1.165, 1.54) is 0 Å². The van der Waals surface area contributed by atoms with Gasteiger partial charge in [0.25, 0.3) is 0 Å². The summed E-state index contributed by atoms with van der Waals surface area (Å²) in [5, 5.41) is 6.44. The number of nitrogens with one attached hydrogen (secondary N) is 1. The maximum Gasteiger partial charge on any atom is 0.245 e. The van der Waals surface area contributed by atoms with Gasteiger partial charge in [-0.15, -0.1) is 0 Å². The van der Waals surface area contributed by atoms with Crippen molar-refractivity contribution in [1.82, 2.24) is 15.4 Å². The molecule has 6 nitrogen and oxygen atoms in total. The van der Waals surface area contributed by atoms with E-state index in [1.807, 2.05) is 13.8 Å². The molecule has 1 aromatic heterocycles. The number of hydrogen-bond acceptors (Lipinski definition) is 4. The zero-order chi connectivity index (χ0) is 13.8. The van der Waals surface area contributed by atoms with Crippen molar-refractivity contribution in [2.45, 2.75) is 39.3 Å². The number of carbonyl (C=O) groups excluding carboxylic acids is 2. The molecule has 6 heteroatoms. The summed E-state index contributed by atoms with van der Waals surface area (Å²) in [5.41, 5.74) is 0. The molecule has 1 aromatic rings. The van der Waals surface area contributed by atoms with Gasteiger partial charge < -0.3 is 14.7 Å². The maximum absolute atomic E-state index is 12.5. The van der Waals surface area contributed by atoms with Gasteiger partial charge in [0.15, 0.2) is 5.76 Å². The molecule has 2 rings (SSSR count). The Balaban J connectivity index is 2.13. The molecule has 19 heavy (non-hydrogen) atoms. The minimum absolute atomic E-state index is 0.0448. The predicted octanol–water partition coefficient (Wildman–Crippen LogP) is 0.938. The quantitative estimate of drug-likeness (QED) is 0.879. The number of hydrogen-bond donors (Lipinski definition) is 1. The fourth-order valence-corrected chi connectivity index (χ4v) is 2.14. The minimum Gasteiger partial charge on any atom is -0.360 e. The lowest BCUT2D eigenvalue weighted by Gasteiger charge is -2.26. The van der Waals surface area contributed by atoms with Gasteiger partial charge >= 0.3 is 0 Å². The smallest absolute Gasteiger partial charge is 0.245 e. The molecule has 0 aromatic carbocycles. The van der Waals surface area contributed by atoms with Crippen molar-refractivity contribution in [2.75, 3.05) is 6.54 Å². The third-order valence-corrected chi connectivity index (χ3v) is 3.55. The molecule has 0 saturated carbocycles. The molecule has 1 fully saturated rings. The first kappa shape index (κ1) is 13.6. The lowest BCUT2D eigenvalue weighted by atomic mass is 9.98. The number of carbonyl (C=O) groups is 2. The van der Waals surface area contributed by atoms with E-state index in [9.17, 15) is 9.59 Å². The van der Waals surface area contributed by atoms with Crippen molar-refractivity contribution in [2.24, 2.45) is 5.92 Å². The average molecular weight is 265 g/mol. The minimum atomic E-state index is -0.442. The normalized spacial score (nSPS) is 22.0. The van der Waals surface area contributed by atoms with Crippen LogP contribution in [-0.2, 0) is 16.1 Å². The highest BCUT2D eigenvalue weighted by Crippen LogP contribution is 2.16. The highest BCUT2D eigenvalue weighted by atomic mass is 16.5. The third kappa shape index (κ3) is 3.13. The highest BCUT2D eigenvalue weighted by molar-refractivity contribution is 5.90. The van der Waals surface area contributed by atoms with Crippen LogP contribution >= 0.6 is 0 Å². The van der Waals surface area contributed by atoms with E-state index in [4.69, 9.17) is 4.52 Å². The van der Waals surface area contributed by atoms with Gasteiger partial charge in [0.1, 0.15) is 6.04 Å². The van der Waals surface area contributed by atoms with Crippen LogP contribution in [0.3, 0.4) is 0 Å². The van der Waals surface area contributed by atoms with Gasteiger partial charge in [0.05, 0.1) is 12.7 Å². The molecule has 1 aliphatic heterocycles. The van der Waals surface area contributed by atoms with Crippen LogP contribution in [-0.4, -0.2) is 34.5 Å². The summed E-state index contributed by atoms with van der Waals surface area (Å²) >= 11 is 0. The Morgan fingerprint density at radius 2 is 2.37 bits per heavy atom. The first-order valence-corrected chi connectivity index (χ1v) is 6.59. The van der Waals surface area contributed by atoms with E-state index < -0.39 is 6.04 Å². The van der Waals surface area contributed by atoms with E-state index in [-0.39, 0.29) is 17.7 Å². The van der Waals surface area contributed by atoms with Gasteiger partial charge in [-0.3, -0.25) is 9.59 Å². The zero-order valence-electron chi connectivity index (χ0n) is 11.3. The topological polar surface area (TPSA) is 75.4 Å². The first-order valence-electron chi connectivity index (χ1n) is 6.59. The van der Waals surface area contributed by atoms with Crippen molar-refractivity contribution < 1.29 is 14.1 Å². The van der Waals surface area contributed by atoms with Crippen LogP contribution in [0.4, 0.5) is 0 Å². The average Bonchev–Trinajstić information content (AvgIpc) is 2.87. The Hall–Kier alpha value is -1.85. The van der Waals surface area contributed by atoms with Crippen LogP contribution in [0, 0.1) is 5.92 Å². The Bertz CT molecular complexity index is 444. The van der Waals surface area contributed by atoms with Crippen molar-refractivity contribution in [1.29, 1.82) is 0 Å². The Morgan fingerprint density at radius 1 is 1.58 bits per heavy atom. The summed E-state index contributed by atoms with van der Waals surface area (Å²) in [6, 6.07) is 1.29. The van der Waals surface area contributed by atoms with Crippen LogP contribution < -0.4 is 5.32 Å². The molecular formula is C13H19N3O3. The second-order valence-electron chi connectivity index (χ2n) is 4.92. The number of amides is 2. The van der Waals surface area contributed by atoms with Gasteiger partial charge in [0, 0.05) is 19.0 Å². The van der Waals surface area contributed by atoms with E-state index >= 15 is 0 Å². The van der Waals surface area contributed by atoms with Crippen LogP contribution in [0.15, 0.2) is 16.8 Å². The van der Waals surface area contributed by atoms with E-state index in [0.717, 1.165) is 6.42 Å². The van der Waals surface area contributed by atoms with Crippen molar-refractivity contribution in [3.8, 4) is 0 Å². The summed E-state index contributed by atoms with van der Waals surface area (Å²) < 4.78 is 5.03. The first-order chi connectivity index (χ1) is 9.11. The van der Waals surface area contributed by atoms with Gasteiger partial charge in [0.2, 0.25) is 11.8 Å². The molecule has 2 unspecified atom stereocenters. The van der Waals surface area contributed by atoms with Gasteiger partial charge in [-0.2, -0.15) is 0 Å². The molecule has 2 amide bonds. The molecule has 0 radical (unpaired) electrons. The molecule has 104 valence electrons. The van der Waals surface area contributed by atoms with E-state index in [1.54, 1.807) is 17.2 Å². The molecule has 0 aliphatic carbocycles. The second kappa shape index (κ2) is 5.86. The monoisotopic (exact) mass is 265 g/mol. The lowest BCUT2D eigenvalue weighted by Crippen LogP contribution is -2.48. The van der Waals surface area contributed by atoms with Crippen LogP contribution in [0.5, 0.6) is 0 Å². The van der Waals surface area contributed by atoms with Crippen molar-refractivity contribution in [3.63, 3.8) is 0 Å². The molecule has 0 bridgehead atoms. The van der Waals surface area contributed by atoms with Crippen molar-refractivity contribution >= 4 is 11.8 Å². The summed E-state index contributed by atoms with van der Waals surface area (Å²) in [4.78, 5) is 25.8. The fraction of sp³-hybridized carbons (Fsp3) is 0.615. The van der Waals surface area contributed by atoms with Crippen LogP contribution in [0.2, 0.25) is 0 Å². The van der Waals surface area contributed by atoms with E-state index in [2.05, 4.69) is 10.5 Å². The Morgan fingerprint density at radius 3 is 3.00 bits per heavy atom. The maximum atomic E-state index is 12.5. The highest BCUT2D eigenvalue weighted by Gasteiger charge is 2.33. The number of aromatic nitrogens is 1. The fourth-order valence-electron chi connectivity index (χ4n) is 2.14. The predicted molar refractivity (Wildman–Crippen MR) is 67.9 cm³/mol. The van der Waals surface area contributed by atoms with Gasteiger partial charge in [-0.05, 0) is 5.92 Å². The zero-order valence-corrected chi connectivity index (χ0v) is 11.3. The second-order valence-corrected chi connectivity index (χ2v) is 4.92. The molecule has 1 saturated heterocycles. The molecule has 1 aliphatic rings. The molecular weight excluding hydrogens is 246 g/mol. The summed E-state index contributed by atoms with van der Waals surface area (Å²) in [6.45, 7) is 4.76. The Labute approximate surface area is 112 Å². The van der Waals surface area contributed by atoms with E-state index in [0.29, 0.717) is 25.3 Å². The van der Waals surface area contributed by atoms with Crippen LogP contribution in [0.1, 0.15) is 32.4 Å². The summed E-state index contributed by atoms with van der Waals surface area (Å²) in [7, 11) is 0. The van der Waals surface area contributed by atoms with Crippen molar-refractivity contribution in [3.05, 3.63) is 18.0 Å². The summed E-state index contributed by atoms with van der Waals surface area (Å²) in [6.07, 6.45) is 2.72. The largest absolute Gasteiger partial charge is 0.360 e. The van der Waals surface area contributed by atoms with Crippen LogP contribution in [0.25, 0.3) is 0 Å². The molecule has 0 spiro atoms. The number of nitrogens with zero attached hydrogens (tertiary/aromatic N) is 2. The summed E-state index contributed by atoms with van der Waals surface area (Å²) in [5.74, 6) is 0.632. The molecule has 1 N–H and O–H groups in total. The third-order valence-electron chi connectivity index (χ3n) is 3.55. The lowest BCUT2D eigenvalue weighted by molar-refractivity contribution is -0.135. The SMILES string of the molecule is CCC(C)C1NC(=O)CCN(Cc2ccno2)C1=O. The number of rotatable bonds is 4. The molecule has 2 atom stereocenters. The molecule has 2 heterocycles. The standard InChI is InChI=1S/C13H19N3O3/c1-3-9(2)12-13(18)16(7-5-11(17)15-12)8-10-4-6-14-19-10/h4,6,9,12H,3,5,7-8H2,1-2H3,(H,15,17).